The lowest BCUT2D eigenvalue weighted by molar-refractivity contribution is -0.137. The summed E-state index contributed by atoms with van der Waals surface area (Å²) in [6.45, 7) is 7.97. The Morgan fingerprint density at radius 2 is 1.91 bits per heavy atom. The number of aryl methyl sites for hydroxylation is 2. The maximum atomic E-state index is 12.7. The number of hydrogen-bond donors (Lipinski definition) is 2. The Kier molecular flexibility index (Phi) is 5.69. The molecule has 1 aliphatic rings. The normalized spacial score (nSPS) is 17.2. The molecule has 2 N–H and O–H groups in total. The summed E-state index contributed by atoms with van der Waals surface area (Å²) in [7, 11) is 0. The van der Waals surface area contributed by atoms with Crippen LogP contribution in [0.3, 0.4) is 0 Å². The molecule has 1 fully saturated rings. The van der Waals surface area contributed by atoms with Crippen LogP contribution in [-0.2, 0) is 4.79 Å². The van der Waals surface area contributed by atoms with Crippen molar-refractivity contribution < 1.29 is 14.7 Å². The molecule has 1 aromatic rings. The highest BCUT2D eigenvalue weighted by Crippen LogP contribution is 2.18. The van der Waals surface area contributed by atoms with E-state index in [1.807, 2.05) is 26.0 Å². The molecule has 0 bridgehead atoms. The predicted octanol–water partition coefficient (Wildman–Crippen LogP) is 1.48. The van der Waals surface area contributed by atoms with Gasteiger partial charge in [-0.1, -0.05) is 12.1 Å². The second-order valence-electron chi connectivity index (χ2n) is 6.01. The van der Waals surface area contributed by atoms with Crippen LogP contribution in [0.15, 0.2) is 18.2 Å². The summed E-state index contributed by atoms with van der Waals surface area (Å²) in [6.07, 6.45) is -0.115. The SMILES string of the molecule is Cc1ccc(C(=O)C(CC(=O)O)CN2CCNCC2)cc1C. The Bertz CT molecular complexity index is 551. The van der Waals surface area contributed by atoms with Crippen molar-refractivity contribution in [3.05, 3.63) is 34.9 Å². The van der Waals surface area contributed by atoms with Crippen molar-refractivity contribution in [1.29, 1.82) is 0 Å². The van der Waals surface area contributed by atoms with Gasteiger partial charge in [0, 0.05) is 44.2 Å². The van der Waals surface area contributed by atoms with Crippen molar-refractivity contribution >= 4 is 11.8 Å². The predicted molar refractivity (Wildman–Crippen MR) is 85.3 cm³/mol. The molecule has 22 heavy (non-hydrogen) atoms. The molecule has 1 aliphatic heterocycles. The zero-order valence-electron chi connectivity index (χ0n) is 13.3. The average Bonchev–Trinajstić information content (AvgIpc) is 2.49. The number of rotatable bonds is 6. The number of aliphatic carboxylic acids is 1. The molecule has 5 nitrogen and oxygen atoms in total. The zero-order chi connectivity index (χ0) is 16.1. The van der Waals surface area contributed by atoms with Crippen LogP contribution in [0.4, 0.5) is 0 Å². The Balaban J connectivity index is 2.13. The fraction of sp³-hybridized carbons (Fsp3) is 0.529. The van der Waals surface area contributed by atoms with Crippen LogP contribution < -0.4 is 5.32 Å². The molecule has 1 atom stereocenters. The van der Waals surface area contributed by atoms with Crippen molar-refractivity contribution in [3.63, 3.8) is 0 Å². The number of carboxylic acid groups (broad SMARTS) is 1. The number of benzene rings is 1. The molecule has 1 saturated heterocycles. The fourth-order valence-electron chi connectivity index (χ4n) is 2.79. The van der Waals surface area contributed by atoms with E-state index >= 15 is 0 Å². The lowest BCUT2D eigenvalue weighted by Gasteiger charge is -2.30. The van der Waals surface area contributed by atoms with Crippen LogP contribution in [-0.4, -0.2) is 54.5 Å². The fourth-order valence-corrected chi connectivity index (χ4v) is 2.79. The molecule has 0 aromatic heterocycles. The molecule has 0 radical (unpaired) electrons. The second-order valence-corrected chi connectivity index (χ2v) is 6.01. The highest BCUT2D eigenvalue weighted by Gasteiger charge is 2.26. The van der Waals surface area contributed by atoms with E-state index in [9.17, 15) is 9.59 Å². The van der Waals surface area contributed by atoms with E-state index in [1.54, 1.807) is 6.07 Å². The number of carboxylic acids is 1. The van der Waals surface area contributed by atoms with E-state index in [-0.39, 0.29) is 12.2 Å². The monoisotopic (exact) mass is 304 g/mol. The number of nitrogens with zero attached hydrogens (tertiary/aromatic N) is 1. The third-order valence-corrected chi connectivity index (χ3v) is 4.27. The summed E-state index contributed by atoms with van der Waals surface area (Å²) in [5.74, 6) is -1.47. The Morgan fingerprint density at radius 1 is 1.23 bits per heavy atom. The van der Waals surface area contributed by atoms with Gasteiger partial charge < -0.3 is 15.3 Å². The Labute approximate surface area is 131 Å². The van der Waals surface area contributed by atoms with Gasteiger partial charge in [0.2, 0.25) is 0 Å². The third kappa shape index (κ3) is 4.39. The van der Waals surface area contributed by atoms with Crippen LogP contribution in [0.1, 0.15) is 27.9 Å². The number of hydrogen-bond acceptors (Lipinski definition) is 4. The molecule has 0 amide bonds. The smallest absolute Gasteiger partial charge is 0.304 e. The number of piperazine rings is 1. The summed E-state index contributed by atoms with van der Waals surface area (Å²) in [4.78, 5) is 26.0. The van der Waals surface area contributed by atoms with Gasteiger partial charge in [-0.05, 0) is 31.0 Å². The molecule has 1 aromatic carbocycles. The largest absolute Gasteiger partial charge is 0.481 e. The Hall–Kier alpha value is -1.72. The average molecular weight is 304 g/mol. The van der Waals surface area contributed by atoms with Gasteiger partial charge in [0.1, 0.15) is 0 Å². The molecule has 0 spiro atoms. The molecule has 1 unspecified atom stereocenters. The van der Waals surface area contributed by atoms with Gasteiger partial charge in [-0.3, -0.25) is 9.59 Å². The first kappa shape index (κ1) is 16.6. The van der Waals surface area contributed by atoms with Crippen molar-refractivity contribution in [2.75, 3.05) is 32.7 Å². The van der Waals surface area contributed by atoms with E-state index in [1.165, 1.54) is 0 Å². The molecule has 2 rings (SSSR count). The van der Waals surface area contributed by atoms with Crippen molar-refractivity contribution in [2.45, 2.75) is 20.3 Å². The quantitative estimate of drug-likeness (QED) is 0.779. The summed E-state index contributed by atoms with van der Waals surface area (Å²) in [5, 5.41) is 12.4. The van der Waals surface area contributed by atoms with E-state index in [0.29, 0.717) is 12.1 Å². The van der Waals surface area contributed by atoms with Gasteiger partial charge in [-0.2, -0.15) is 0 Å². The molecule has 1 heterocycles. The van der Waals surface area contributed by atoms with Gasteiger partial charge in [0.25, 0.3) is 0 Å². The summed E-state index contributed by atoms with van der Waals surface area (Å²) >= 11 is 0. The first-order valence-electron chi connectivity index (χ1n) is 7.73. The summed E-state index contributed by atoms with van der Waals surface area (Å²) in [5.41, 5.74) is 2.81. The number of nitrogens with one attached hydrogen (secondary N) is 1. The third-order valence-electron chi connectivity index (χ3n) is 4.27. The first-order valence-corrected chi connectivity index (χ1v) is 7.73. The number of Topliss-reactive ketones (excluding diaryl/α,β-unsaturated/α-hetero) is 1. The van der Waals surface area contributed by atoms with Crippen molar-refractivity contribution in [1.82, 2.24) is 10.2 Å². The number of carbonyl (C=O) groups is 2. The minimum Gasteiger partial charge on any atom is -0.481 e. The van der Waals surface area contributed by atoms with Gasteiger partial charge in [-0.15, -0.1) is 0 Å². The van der Waals surface area contributed by atoms with Gasteiger partial charge in [-0.25, -0.2) is 0 Å². The molecule has 0 aliphatic carbocycles. The highest BCUT2D eigenvalue weighted by atomic mass is 16.4. The van der Waals surface area contributed by atoms with Crippen molar-refractivity contribution in [2.24, 2.45) is 5.92 Å². The zero-order valence-corrected chi connectivity index (χ0v) is 13.3. The maximum absolute atomic E-state index is 12.7. The molecular weight excluding hydrogens is 280 g/mol. The first-order chi connectivity index (χ1) is 10.5. The lowest BCUT2D eigenvalue weighted by atomic mass is 9.92. The van der Waals surface area contributed by atoms with Crippen LogP contribution in [0.5, 0.6) is 0 Å². The lowest BCUT2D eigenvalue weighted by Crippen LogP contribution is -2.46. The molecule has 5 heteroatoms. The minimum absolute atomic E-state index is 0.0657. The molecule has 0 saturated carbocycles. The van der Waals surface area contributed by atoms with Crippen molar-refractivity contribution in [3.8, 4) is 0 Å². The molecule has 120 valence electrons. The maximum Gasteiger partial charge on any atom is 0.304 e. The van der Waals surface area contributed by atoms with Gasteiger partial charge >= 0.3 is 5.97 Å². The van der Waals surface area contributed by atoms with Gasteiger partial charge in [0.15, 0.2) is 5.78 Å². The van der Waals surface area contributed by atoms with E-state index in [2.05, 4.69) is 10.2 Å². The second kappa shape index (κ2) is 7.51. The molecular formula is C17H24N2O3. The summed E-state index contributed by atoms with van der Waals surface area (Å²) in [6, 6.07) is 5.59. The van der Waals surface area contributed by atoms with Crippen LogP contribution in [0, 0.1) is 19.8 Å². The van der Waals surface area contributed by atoms with Crippen LogP contribution in [0.25, 0.3) is 0 Å². The van der Waals surface area contributed by atoms with E-state index in [4.69, 9.17) is 5.11 Å². The van der Waals surface area contributed by atoms with Gasteiger partial charge in [0.05, 0.1) is 6.42 Å². The van der Waals surface area contributed by atoms with Crippen LogP contribution in [0.2, 0.25) is 0 Å². The summed E-state index contributed by atoms with van der Waals surface area (Å²) < 4.78 is 0. The number of carbonyl (C=O) groups excluding carboxylic acids is 1. The minimum atomic E-state index is -0.919. The van der Waals surface area contributed by atoms with E-state index < -0.39 is 11.9 Å². The topological polar surface area (TPSA) is 69.6 Å². The van der Waals surface area contributed by atoms with Crippen LogP contribution >= 0.6 is 0 Å². The number of ketones is 1. The highest BCUT2D eigenvalue weighted by molar-refractivity contribution is 5.99. The standard InChI is InChI=1S/C17H24N2O3/c1-12-3-4-14(9-13(12)2)17(22)15(10-16(20)21)11-19-7-5-18-6-8-19/h3-4,9,15,18H,5-8,10-11H2,1-2H3,(H,20,21). The Morgan fingerprint density at radius 3 is 2.50 bits per heavy atom. The van der Waals surface area contributed by atoms with E-state index in [0.717, 1.165) is 37.3 Å².